The molecular weight excluding hydrogens is 378 g/mol. The molecule has 3 rings (SSSR count). The highest BCUT2D eigenvalue weighted by Crippen LogP contribution is 2.38. The predicted octanol–water partition coefficient (Wildman–Crippen LogP) is 4.00. The van der Waals surface area contributed by atoms with Gasteiger partial charge in [0.15, 0.2) is 0 Å². The van der Waals surface area contributed by atoms with Crippen molar-refractivity contribution in [2.24, 2.45) is 0 Å². The highest BCUT2D eigenvalue weighted by molar-refractivity contribution is 6.32. The number of hydrogen-bond acceptors (Lipinski definition) is 5. The smallest absolute Gasteiger partial charge is 0.238 e. The number of carbonyl (C=O) groups is 1. The molecule has 1 saturated heterocycles. The zero-order chi connectivity index (χ0) is 20.1. The van der Waals surface area contributed by atoms with Crippen LogP contribution in [0.15, 0.2) is 36.4 Å². The molecule has 0 radical (unpaired) electrons. The molecule has 1 atom stereocenters. The number of hydrogen-bond donors (Lipinski definition) is 1. The summed E-state index contributed by atoms with van der Waals surface area (Å²) in [5.41, 5.74) is 1.97. The maximum atomic E-state index is 12.6. The van der Waals surface area contributed by atoms with Gasteiger partial charge in [-0.25, -0.2) is 0 Å². The van der Waals surface area contributed by atoms with Crippen LogP contribution in [0.3, 0.4) is 0 Å². The summed E-state index contributed by atoms with van der Waals surface area (Å²) in [5, 5.41) is 12.1. The van der Waals surface area contributed by atoms with Gasteiger partial charge in [-0.1, -0.05) is 11.6 Å². The van der Waals surface area contributed by atoms with Gasteiger partial charge in [0, 0.05) is 17.3 Å². The Bertz CT molecular complexity index is 910. The average Bonchev–Trinajstić information content (AvgIpc) is 3.15. The normalized spacial score (nSPS) is 16.4. The first kappa shape index (κ1) is 20.0. The lowest BCUT2D eigenvalue weighted by Crippen LogP contribution is -2.33. The van der Waals surface area contributed by atoms with E-state index < -0.39 is 0 Å². The Kier molecular flexibility index (Phi) is 6.40. The van der Waals surface area contributed by atoms with Crippen molar-refractivity contribution < 1.29 is 14.3 Å². The van der Waals surface area contributed by atoms with Gasteiger partial charge in [-0.2, -0.15) is 5.26 Å². The third kappa shape index (κ3) is 4.38. The number of ether oxygens (including phenoxy) is 2. The molecular formula is C21H22ClN3O3. The summed E-state index contributed by atoms with van der Waals surface area (Å²) in [6, 6.07) is 12.7. The Morgan fingerprint density at radius 2 is 2.11 bits per heavy atom. The summed E-state index contributed by atoms with van der Waals surface area (Å²) in [6.07, 6.45) is 1.94. The fourth-order valence-corrected chi connectivity index (χ4v) is 3.76. The lowest BCUT2D eigenvalue weighted by Gasteiger charge is -2.26. The number of likely N-dealkylation sites (tertiary alicyclic amines) is 1. The first-order valence-corrected chi connectivity index (χ1v) is 9.39. The van der Waals surface area contributed by atoms with Gasteiger partial charge in [0.2, 0.25) is 5.91 Å². The molecule has 146 valence electrons. The van der Waals surface area contributed by atoms with Crippen molar-refractivity contribution >= 4 is 23.2 Å². The SMILES string of the molecule is COc1ccc(OC)c([C@@H]2CCCN2CC(=O)Nc2ccc(C#N)c(Cl)c2)c1. The lowest BCUT2D eigenvalue weighted by molar-refractivity contribution is -0.117. The summed E-state index contributed by atoms with van der Waals surface area (Å²) in [5.74, 6) is 1.42. The minimum absolute atomic E-state index is 0.0837. The van der Waals surface area contributed by atoms with Gasteiger partial charge in [0.25, 0.3) is 0 Å². The van der Waals surface area contributed by atoms with E-state index in [0.29, 0.717) is 16.3 Å². The van der Waals surface area contributed by atoms with E-state index >= 15 is 0 Å². The number of benzene rings is 2. The van der Waals surface area contributed by atoms with Crippen LogP contribution in [0.2, 0.25) is 5.02 Å². The van der Waals surface area contributed by atoms with Crippen molar-refractivity contribution in [2.75, 3.05) is 32.6 Å². The Hall–Kier alpha value is -2.75. The molecule has 1 heterocycles. The molecule has 0 aromatic heterocycles. The van der Waals surface area contributed by atoms with Crippen molar-refractivity contribution in [1.82, 2.24) is 4.90 Å². The van der Waals surface area contributed by atoms with Crippen molar-refractivity contribution in [3.05, 3.63) is 52.5 Å². The Morgan fingerprint density at radius 3 is 2.79 bits per heavy atom. The first-order chi connectivity index (χ1) is 13.5. The molecule has 1 aliphatic rings. The van der Waals surface area contributed by atoms with Crippen LogP contribution in [0.25, 0.3) is 0 Å². The van der Waals surface area contributed by atoms with E-state index in [-0.39, 0.29) is 18.5 Å². The number of halogens is 1. The molecule has 7 heteroatoms. The minimum Gasteiger partial charge on any atom is -0.497 e. The zero-order valence-corrected chi connectivity index (χ0v) is 16.6. The van der Waals surface area contributed by atoms with Gasteiger partial charge in [0.05, 0.1) is 31.4 Å². The van der Waals surface area contributed by atoms with E-state index in [9.17, 15) is 4.79 Å². The third-order valence-corrected chi connectivity index (χ3v) is 5.19. The van der Waals surface area contributed by atoms with Crippen LogP contribution in [0, 0.1) is 11.3 Å². The van der Waals surface area contributed by atoms with E-state index in [1.54, 1.807) is 32.4 Å². The maximum absolute atomic E-state index is 12.6. The van der Waals surface area contributed by atoms with Gasteiger partial charge in [-0.3, -0.25) is 9.69 Å². The molecule has 1 fully saturated rings. The summed E-state index contributed by atoms with van der Waals surface area (Å²) in [6.45, 7) is 1.08. The highest BCUT2D eigenvalue weighted by Gasteiger charge is 2.30. The number of nitrogens with one attached hydrogen (secondary N) is 1. The Morgan fingerprint density at radius 1 is 1.29 bits per heavy atom. The second-order valence-corrected chi connectivity index (χ2v) is 7.00. The molecule has 0 bridgehead atoms. The molecule has 28 heavy (non-hydrogen) atoms. The third-order valence-electron chi connectivity index (χ3n) is 4.88. The zero-order valence-electron chi connectivity index (χ0n) is 15.9. The van der Waals surface area contributed by atoms with Gasteiger partial charge < -0.3 is 14.8 Å². The van der Waals surface area contributed by atoms with Crippen LogP contribution < -0.4 is 14.8 Å². The Labute approximate surface area is 169 Å². The standard InChI is InChI=1S/C21H22ClN3O3/c1-27-16-7-8-20(28-2)17(11-16)19-4-3-9-25(19)13-21(26)24-15-6-5-14(12-23)18(22)10-15/h5-8,10-11,19H,3-4,9,13H2,1-2H3,(H,24,26)/t19-/m0/s1. The van der Waals surface area contributed by atoms with Gasteiger partial charge in [-0.15, -0.1) is 0 Å². The van der Waals surface area contributed by atoms with Crippen molar-refractivity contribution in [3.63, 3.8) is 0 Å². The quantitative estimate of drug-likeness (QED) is 0.794. The largest absolute Gasteiger partial charge is 0.497 e. The number of carbonyl (C=O) groups excluding carboxylic acids is 1. The summed E-state index contributed by atoms with van der Waals surface area (Å²) < 4.78 is 10.9. The number of nitriles is 1. The Balaban J connectivity index is 1.72. The molecule has 0 aliphatic carbocycles. The molecule has 6 nitrogen and oxygen atoms in total. The fourth-order valence-electron chi connectivity index (χ4n) is 3.54. The molecule has 1 amide bonds. The molecule has 0 unspecified atom stereocenters. The van der Waals surface area contributed by atoms with Crippen molar-refractivity contribution in [1.29, 1.82) is 5.26 Å². The number of rotatable bonds is 6. The predicted molar refractivity (Wildman–Crippen MR) is 108 cm³/mol. The molecule has 1 N–H and O–H groups in total. The van der Waals surface area contributed by atoms with Crippen LogP contribution in [-0.2, 0) is 4.79 Å². The van der Waals surface area contributed by atoms with Crippen LogP contribution in [0.4, 0.5) is 5.69 Å². The van der Waals surface area contributed by atoms with Crippen molar-refractivity contribution in [2.45, 2.75) is 18.9 Å². The number of anilines is 1. The van der Waals surface area contributed by atoms with E-state index in [1.165, 1.54) is 0 Å². The fraction of sp³-hybridized carbons (Fsp3) is 0.333. The van der Waals surface area contributed by atoms with Gasteiger partial charge >= 0.3 is 0 Å². The van der Waals surface area contributed by atoms with Gasteiger partial charge in [-0.05, 0) is 55.8 Å². The number of amides is 1. The van der Waals surface area contributed by atoms with Crippen molar-refractivity contribution in [3.8, 4) is 17.6 Å². The second kappa shape index (κ2) is 8.96. The van der Waals surface area contributed by atoms with Crippen LogP contribution >= 0.6 is 11.6 Å². The lowest BCUT2D eigenvalue weighted by atomic mass is 10.0. The van der Waals surface area contributed by atoms with Crippen LogP contribution in [-0.4, -0.2) is 38.1 Å². The number of nitrogens with zero attached hydrogens (tertiary/aromatic N) is 2. The average molecular weight is 400 g/mol. The highest BCUT2D eigenvalue weighted by atomic mass is 35.5. The topological polar surface area (TPSA) is 74.6 Å². The molecule has 0 spiro atoms. The minimum atomic E-state index is -0.130. The van der Waals surface area contributed by atoms with E-state index in [4.69, 9.17) is 26.3 Å². The summed E-state index contributed by atoms with van der Waals surface area (Å²) >= 11 is 6.04. The molecule has 1 aliphatic heterocycles. The van der Waals surface area contributed by atoms with Crippen LogP contribution in [0.1, 0.15) is 30.0 Å². The molecule has 2 aromatic rings. The second-order valence-electron chi connectivity index (χ2n) is 6.59. The first-order valence-electron chi connectivity index (χ1n) is 9.01. The maximum Gasteiger partial charge on any atom is 0.238 e. The molecule has 2 aromatic carbocycles. The van der Waals surface area contributed by atoms with Crippen LogP contribution in [0.5, 0.6) is 11.5 Å². The van der Waals surface area contributed by atoms with E-state index in [1.807, 2.05) is 24.3 Å². The van der Waals surface area contributed by atoms with E-state index in [0.717, 1.165) is 36.4 Å². The van der Waals surface area contributed by atoms with Gasteiger partial charge in [0.1, 0.15) is 17.6 Å². The number of methoxy groups -OCH3 is 2. The van der Waals surface area contributed by atoms with E-state index in [2.05, 4.69) is 10.2 Å². The molecule has 0 saturated carbocycles. The monoisotopic (exact) mass is 399 g/mol. The summed E-state index contributed by atoms with van der Waals surface area (Å²) in [7, 11) is 3.28. The summed E-state index contributed by atoms with van der Waals surface area (Å²) in [4.78, 5) is 14.7.